The second-order valence-corrected chi connectivity index (χ2v) is 8.93. The van der Waals surface area contributed by atoms with Gasteiger partial charge in [-0.3, -0.25) is 0 Å². The van der Waals surface area contributed by atoms with Crippen molar-refractivity contribution < 1.29 is 9.15 Å². The van der Waals surface area contributed by atoms with Gasteiger partial charge < -0.3 is 19.4 Å². The van der Waals surface area contributed by atoms with Gasteiger partial charge in [-0.25, -0.2) is 9.98 Å². The van der Waals surface area contributed by atoms with Crippen molar-refractivity contribution in [1.82, 2.24) is 15.2 Å². The molecule has 0 amide bonds. The Kier molecular flexibility index (Phi) is 5.01. The second-order valence-electron chi connectivity index (χ2n) is 7.90. The molecular weight excluding hydrogens is 384 g/mol. The Morgan fingerprint density at radius 3 is 3.03 bits per heavy atom. The topological polar surface area (TPSA) is 62.9 Å². The van der Waals surface area contributed by atoms with Crippen molar-refractivity contribution in [3.05, 3.63) is 42.2 Å². The van der Waals surface area contributed by atoms with Crippen LogP contribution in [0.5, 0.6) is 0 Å². The fourth-order valence-corrected chi connectivity index (χ4v) is 5.15. The van der Waals surface area contributed by atoms with Gasteiger partial charge >= 0.3 is 0 Å². The van der Waals surface area contributed by atoms with Crippen molar-refractivity contribution in [1.29, 1.82) is 0 Å². The predicted molar refractivity (Wildman–Crippen MR) is 116 cm³/mol. The predicted octanol–water partition coefficient (Wildman–Crippen LogP) is 4.13. The standard InChI is InChI=1S/C22H26N4O2S/c1-2-23-21(26-11-9-22(14-26)10-12-27-15-22)24-13-16-7-8-18(28-16)20-25-17-5-3-4-6-19(17)29-20/h3-8H,2,9-15H2,1H3,(H,23,24). The zero-order valence-electron chi connectivity index (χ0n) is 16.7. The van der Waals surface area contributed by atoms with Crippen LogP contribution < -0.4 is 5.32 Å². The number of nitrogens with zero attached hydrogens (tertiary/aromatic N) is 3. The first kappa shape index (κ1) is 18.6. The van der Waals surface area contributed by atoms with Crippen molar-refractivity contribution in [2.75, 3.05) is 32.8 Å². The number of aromatic nitrogens is 1. The molecule has 0 radical (unpaired) electrons. The minimum Gasteiger partial charge on any atom is -0.457 e. The van der Waals surface area contributed by atoms with Crippen LogP contribution in [0.25, 0.3) is 21.0 Å². The SMILES string of the molecule is CCNC(=NCc1ccc(-c2nc3ccccc3s2)o1)N1CCC2(CCOC2)C1. The number of aliphatic imine (C=N–C) groups is 1. The Morgan fingerprint density at radius 1 is 1.28 bits per heavy atom. The summed E-state index contributed by atoms with van der Waals surface area (Å²) in [6, 6.07) is 12.2. The summed E-state index contributed by atoms with van der Waals surface area (Å²) in [5, 5.41) is 4.35. The summed E-state index contributed by atoms with van der Waals surface area (Å²) >= 11 is 1.65. The molecule has 29 heavy (non-hydrogen) atoms. The molecule has 0 aliphatic carbocycles. The number of ether oxygens (including phenoxy) is 1. The van der Waals surface area contributed by atoms with Gasteiger partial charge in [-0.05, 0) is 44.0 Å². The first-order valence-corrected chi connectivity index (χ1v) is 11.1. The lowest BCUT2D eigenvalue weighted by Gasteiger charge is -2.24. The maximum atomic E-state index is 6.06. The molecule has 5 rings (SSSR count). The Balaban J connectivity index is 1.30. The number of fused-ring (bicyclic) bond motifs is 1. The van der Waals surface area contributed by atoms with Crippen molar-refractivity contribution in [3.63, 3.8) is 0 Å². The van der Waals surface area contributed by atoms with Crippen LogP contribution >= 0.6 is 11.3 Å². The lowest BCUT2D eigenvalue weighted by molar-refractivity contribution is 0.156. The Morgan fingerprint density at radius 2 is 2.21 bits per heavy atom. The maximum Gasteiger partial charge on any atom is 0.194 e. The van der Waals surface area contributed by atoms with E-state index in [0.717, 1.165) is 67.3 Å². The average molecular weight is 411 g/mol. The molecule has 1 aromatic carbocycles. The number of furan rings is 1. The molecule has 0 saturated carbocycles. The van der Waals surface area contributed by atoms with Crippen LogP contribution in [-0.4, -0.2) is 48.7 Å². The highest BCUT2D eigenvalue weighted by molar-refractivity contribution is 7.21. The van der Waals surface area contributed by atoms with Gasteiger partial charge in [0.15, 0.2) is 16.7 Å². The second kappa shape index (κ2) is 7.80. The third kappa shape index (κ3) is 3.76. The zero-order chi connectivity index (χ0) is 19.7. The van der Waals surface area contributed by atoms with Gasteiger partial charge in [0, 0.05) is 31.7 Å². The van der Waals surface area contributed by atoms with Gasteiger partial charge in [0.2, 0.25) is 0 Å². The van der Waals surface area contributed by atoms with Gasteiger partial charge in [-0.1, -0.05) is 12.1 Å². The highest BCUT2D eigenvalue weighted by atomic mass is 32.1. The van der Waals surface area contributed by atoms with Crippen LogP contribution in [0.3, 0.4) is 0 Å². The quantitative estimate of drug-likeness (QED) is 0.517. The van der Waals surface area contributed by atoms with Crippen molar-refractivity contribution in [2.24, 2.45) is 10.4 Å². The van der Waals surface area contributed by atoms with E-state index in [1.807, 2.05) is 30.3 Å². The number of guanidine groups is 1. The van der Waals surface area contributed by atoms with Crippen LogP contribution in [0, 0.1) is 5.41 Å². The summed E-state index contributed by atoms with van der Waals surface area (Å²) in [5.74, 6) is 2.63. The molecule has 7 heteroatoms. The number of rotatable bonds is 4. The molecule has 1 unspecified atom stereocenters. The van der Waals surface area contributed by atoms with Crippen LogP contribution in [0.1, 0.15) is 25.5 Å². The largest absolute Gasteiger partial charge is 0.457 e. The first-order valence-electron chi connectivity index (χ1n) is 10.3. The zero-order valence-corrected chi connectivity index (χ0v) is 17.5. The minimum absolute atomic E-state index is 0.320. The number of hydrogen-bond donors (Lipinski definition) is 1. The highest BCUT2D eigenvalue weighted by Crippen LogP contribution is 2.38. The molecule has 4 heterocycles. The molecule has 1 spiro atoms. The fourth-order valence-electron chi connectivity index (χ4n) is 4.22. The highest BCUT2D eigenvalue weighted by Gasteiger charge is 2.42. The van der Waals surface area contributed by atoms with E-state index in [0.29, 0.717) is 12.0 Å². The van der Waals surface area contributed by atoms with E-state index < -0.39 is 0 Å². The minimum atomic E-state index is 0.320. The van der Waals surface area contributed by atoms with Gasteiger partial charge in [0.1, 0.15) is 12.3 Å². The molecule has 2 aliphatic heterocycles. The molecule has 1 N–H and O–H groups in total. The van der Waals surface area contributed by atoms with Gasteiger partial charge in [-0.15, -0.1) is 11.3 Å². The average Bonchev–Trinajstić information content (AvgIpc) is 3.52. The molecule has 152 valence electrons. The van der Waals surface area contributed by atoms with E-state index in [-0.39, 0.29) is 0 Å². The van der Waals surface area contributed by atoms with Crippen LogP contribution in [0.2, 0.25) is 0 Å². The molecule has 2 aromatic heterocycles. The third-order valence-electron chi connectivity index (χ3n) is 5.81. The van der Waals surface area contributed by atoms with Crippen LogP contribution in [0.4, 0.5) is 0 Å². The molecule has 0 bridgehead atoms. The summed E-state index contributed by atoms with van der Waals surface area (Å²) in [6.45, 7) is 7.31. The summed E-state index contributed by atoms with van der Waals surface area (Å²) in [5.41, 5.74) is 1.33. The lowest BCUT2D eigenvalue weighted by atomic mass is 9.87. The molecule has 2 aliphatic rings. The van der Waals surface area contributed by atoms with Gasteiger partial charge in [0.25, 0.3) is 0 Å². The monoisotopic (exact) mass is 410 g/mol. The van der Waals surface area contributed by atoms with E-state index in [2.05, 4.69) is 28.2 Å². The molecule has 1 atom stereocenters. The molecule has 6 nitrogen and oxygen atoms in total. The smallest absolute Gasteiger partial charge is 0.194 e. The number of nitrogens with one attached hydrogen (secondary N) is 1. The number of para-hydroxylation sites is 1. The maximum absolute atomic E-state index is 6.06. The van der Waals surface area contributed by atoms with Crippen molar-refractivity contribution in [3.8, 4) is 10.8 Å². The summed E-state index contributed by atoms with van der Waals surface area (Å²) in [7, 11) is 0. The van der Waals surface area contributed by atoms with E-state index in [9.17, 15) is 0 Å². The summed E-state index contributed by atoms with van der Waals surface area (Å²) in [6.07, 6.45) is 2.34. The molecule has 2 saturated heterocycles. The van der Waals surface area contributed by atoms with Gasteiger partial charge in [-0.2, -0.15) is 0 Å². The van der Waals surface area contributed by atoms with Gasteiger partial charge in [0.05, 0.1) is 16.8 Å². The Hall–Kier alpha value is -2.38. The Bertz CT molecular complexity index is 986. The number of benzene rings is 1. The van der Waals surface area contributed by atoms with E-state index in [4.69, 9.17) is 14.1 Å². The van der Waals surface area contributed by atoms with E-state index >= 15 is 0 Å². The van der Waals surface area contributed by atoms with Crippen molar-refractivity contribution in [2.45, 2.75) is 26.3 Å². The van der Waals surface area contributed by atoms with E-state index in [1.165, 1.54) is 11.1 Å². The Labute approximate surface area is 174 Å². The van der Waals surface area contributed by atoms with Crippen LogP contribution in [0.15, 0.2) is 45.8 Å². The molecule has 2 fully saturated rings. The number of thiazole rings is 1. The normalized spacial score (nSPS) is 22.2. The third-order valence-corrected chi connectivity index (χ3v) is 6.86. The molecule has 3 aromatic rings. The lowest BCUT2D eigenvalue weighted by Crippen LogP contribution is -2.41. The van der Waals surface area contributed by atoms with Crippen molar-refractivity contribution >= 4 is 27.5 Å². The first-order chi connectivity index (χ1) is 14.2. The van der Waals surface area contributed by atoms with Crippen LogP contribution in [-0.2, 0) is 11.3 Å². The number of hydrogen-bond acceptors (Lipinski definition) is 5. The fraction of sp³-hybridized carbons (Fsp3) is 0.455. The molecular formula is C22H26N4O2S. The number of likely N-dealkylation sites (tertiary alicyclic amines) is 1. The summed E-state index contributed by atoms with van der Waals surface area (Å²) in [4.78, 5) is 11.9. The van der Waals surface area contributed by atoms with E-state index in [1.54, 1.807) is 11.3 Å². The summed E-state index contributed by atoms with van der Waals surface area (Å²) < 4.78 is 12.9.